The second-order valence-corrected chi connectivity index (χ2v) is 3.71. The van der Waals surface area contributed by atoms with Crippen molar-refractivity contribution in [3.05, 3.63) is 35.7 Å². The zero-order valence-electron chi connectivity index (χ0n) is 9.44. The van der Waals surface area contributed by atoms with Crippen molar-refractivity contribution >= 4 is 0 Å². The number of benzene rings is 1. The quantitative estimate of drug-likeness (QED) is 0.895. The van der Waals surface area contributed by atoms with Gasteiger partial charge in [-0.1, -0.05) is 12.1 Å². The summed E-state index contributed by atoms with van der Waals surface area (Å²) in [5, 5.41) is 13.0. The fraction of sp³-hybridized carbons (Fsp3) is 0.273. The van der Waals surface area contributed by atoms with Gasteiger partial charge in [0.15, 0.2) is 11.6 Å². The molecule has 0 atom stereocenters. The Morgan fingerprint density at radius 1 is 1.22 bits per heavy atom. The summed E-state index contributed by atoms with van der Waals surface area (Å²) >= 11 is 0. The number of aromatic nitrogens is 3. The molecule has 96 valence electrons. The fourth-order valence-corrected chi connectivity index (χ4v) is 1.49. The van der Waals surface area contributed by atoms with Crippen LogP contribution < -0.4 is 0 Å². The molecule has 0 amide bonds. The third-order valence-corrected chi connectivity index (χ3v) is 2.47. The van der Waals surface area contributed by atoms with Crippen LogP contribution in [0.25, 0.3) is 11.4 Å². The van der Waals surface area contributed by atoms with Crippen molar-refractivity contribution in [2.45, 2.75) is 12.8 Å². The maximum atomic E-state index is 12.4. The molecule has 7 heteroatoms. The summed E-state index contributed by atoms with van der Waals surface area (Å²) in [5.41, 5.74) is -0.247. The molecule has 1 N–H and O–H groups in total. The molecule has 0 fully saturated rings. The van der Waals surface area contributed by atoms with Crippen LogP contribution in [-0.4, -0.2) is 19.9 Å². The Kier molecular flexibility index (Phi) is 3.08. The minimum absolute atomic E-state index is 0.274. The Morgan fingerprint density at radius 3 is 2.28 bits per heavy atom. The smallest absolute Gasteiger partial charge is 0.388 e. The summed E-state index contributed by atoms with van der Waals surface area (Å²) in [5.74, 6) is 0.639. The van der Waals surface area contributed by atoms with Crippen molar-refractivity contribution in [1.29, 1.82) is 0 Å². The fourth-order valence-electron chi connectivity index (χ4n) is 1.49. The maximum Gasteiger partial charge on any atom is 0.416 e. The standard InChI is InChI=1S/C11H10F3N3O/c1-17-9(6-18)15-10(16-17)7-2-4-8(5-3-7)11(12,13)14/h2-5,18H,6H2,1H3. The molecular weight excluding hydrogens is 247 g/mol. The van der Waals surface area contributed by atoms with Crippen molar-refractivity contribution in [2.75, 3.05) is 0 Å². The lowest BCUT2D eigenvalue weighted by Crippen LogP contribution is -2.04. The minimum atomic E-state index is -4.35. The van der Waals surface area contributed by atoms with E-state index in [1.807, 2.05) is 0 Å². The van der Waals surface area contributed by atoms with Gasteiger partial charge >= 0.3 is 6.18 Å². The van der Waals surface area contributed by atoms with Crippen LogP contribution in [0.5, 0.6) is 0 Å². The van der Waals surface area contributed by atoms with Crippen LogP contribution in [0.2, 0.25) is 0 Å². The molecule has 2 aromatic rings. The van der Waals surface area contributed by atoms with Crippen LogP contribution in [0.15, 0.2) is 24.3 Å². The molecule has 1 aromatic carbocycles. The van der Waals surface area contributed by atoms with Gasteiger partial charge in [-0.15, -0.1) is 0 Å². The zero-order valence-corrected chi connectivity index (χ0v) is 9.44. The largest absolute Gasteiger partial charge is 0.416 e. The summed E-state index contributed by atoms with van der Waals surface area (Å²) in [6, 6.07) is 4.56. The number of hydrogen-bond acceptors (Lipinski definition) is 3. The molecule has 1 aromatic heterocycles. The van der Waals surface area contributed by atoms with Crippen LogP contribution in [0.3, 0.4) is 0 Å². The molecule has 0 unspecified atom stereocenters. The van der Waals surface area contributed by atoms with Crippen molar-refractivity contribution in [3.8, 4) is 11.4 Å². The predicted molar refractivity (Wildman–Crippen MR) is 57.4 cm³/mol. The second kappa shape index (κ2) is 4.41. The van der Waals surface area contributed by atoms with Crippen LogP contribution in [-0.2, 0) is 19.8 Å². The Labute approximate surface area is 101 Å². The van der Waals surface area contributed by atoms with E-state index in [0.29, 0.717) is 11.4 Å². The molecule has 18 heavy (non-hydrogen) atoms. The first-order valence-corrected chi connectivity index (χ1v) is 5.10. The predicted octanol–water partition coefficient (Wildman–Crippen LogP) is 1.99. The molecule has 0 aliphatic heterocycles. The maximum absolute atomic E-state index is 12.4. The minimum Gasteiger partial charge on any atom is -0.388 e. The van der Waals surface area contributed by atoms with E-state index in [4.69, 9.17) is 5.11 Å². The Hall–Kier alpha value is -1.89. The van der Waals surface area contributed by atoms with E-state index < -0.39 is 11.7 Å². The van der Waals surface area contributed by atoms with Gasteiger partial charge in [0.2, 0.25) is 0 Å². The van der Waals surface area contributed by atoms with Crippen LogP contribution in [0, 0.1) is 0 Å². The van der Waals surface area contributed by atoms with Gasteiger partial charge in [0.05, 0.1) is 5.56 Å². The van der Waals surface area contributed by atoms with E-state index >= 15 is 0 Å². The number of aliphatic hydroxyl groups is 1. The number of halogens is 3. The normalized spacial score (nSPS) is 11.8. The Bertz CT molecular complexity index is 546. The van der Waals surface area contributed by atoms with Gasteiger partial charge in [-0.3, -0.25) is 4.68 Å². The molecule has 0 aliphatic carbocycles. The highest BCUT2D eigenvalue weighted by Gasteiger charge is 2.30. The van der Waals surface area contributed by atoms with E-state index in [-0.39, 0.29) is 12.4 Å². The monoisotopic (exact) mass is 257 g/mol. The van der Waals surface area contributed by atoms with Gasteiger partial charge in [0, 0.05) is 12.6 Å². The topological polar surface area (TPSA) is 50.9 Å². The summed E-state index contributed by atoms with van der Waals surface area (Å²) in [7, 11) is 1.60. The van der Waals surface area contributed by atoms with Gasteiger partial charge < -0.3 is 5.11 Å². The average Bonchev–Trinajstić information content (AvgIpc) is 2.69. The molecule has 0 saturated heterocycles. The molecule has 2 rings (SSSR count). The zero-order chi connectivity index (χ0) is 13.3. The third-order valence-electron chi connectivity index (χ3n) is 2.47. The first-order chi connectivity index (χ1) is 8.41. The molecule has 0 spiro atoms. The number of aliphatic hydroxyl groups excluding tert-OH is 1. The Balaban J connectivity index is 2.34. The second-order valence-electron chi connectivity index (χ2n) is 3.71. The number of aryl methyl sites for hydroxylation is 1. The molecule has 1 heterocycles. The van der Waals surface area contributed by atoms with Crippen molar-refractivity contribution < 1.29 is 18.3 Å². The lowest BCUT2D eigenvalue weighted by atomic mass is 10.1. The van der Waals surface area contributed by atoms with Gasteiger partial charge in [-0.05, 0) is 12.1 Å². The van der Waals surface area contributed by atoms with Gasteiger partial charge in [-0.2, -0.15) is 18.3 Å². The van der Waals surface area contributed by atoms with E-state index in [1.54, 1.807) is 7.05 Å². The highest BCUT2D eigenvalue weighted by Crippen LogP contribution is 2.30. The Morgan fingerprint density at radius 2 is 1.83 bits per heavy atom. The van der Waals surface area contributed by atoms with Crippen LogP contribution in [0.1, 0.15) is 11.4 Å². The van der Waals surface area contributed by atoms with E-state index in [9.17, 15) is 13.2 Å². The number of rotatable bonds is 2. The van der Waals surface area contributed by atoms with Gasteiger partial charge in [0.25, 0.3) is 0 Å². The van der Waals surface area contributed by atoms with Crippen molar-refractivity contribution in [3.63, 3.8) is 0 Å². The van der Waals surface area contributed by atoms with Crippen LogP contribution in [0.4, 0.5) is 13.2 Å². The summed E-state index contributed by atoms with van der Waals surface area (Å²) in [4.78, 5) is 4.01. The number of alkyl halides is 3. The van der Waals surface area contributed by atoms with Crippen LogP contribution >= 0.6 is 0 Å². The lowest BCUT2D eigenvalue weighted by molar-refractivity contribution is -0.137. The van der Waals surface area contributed by atoms with Crippen molar-refractivity contribution in [1.82, 2.24) is 14.8 Å². The molecule has 4 nitrogen and oxygen atoms in total. The number of nitrogens with zero attached hydrogens (tertiary/aromatic N) is 3. The van der Waals surface area contributed by atoms with E-state index in [2.05, 4.69) is 10.1 Å². The number of hydrogen-bond donors (Lipinski definition) is 1. The van der Waals surface area contributed by atoms with Gasteiger partial charge in [-0.25, -0.2) is 4.98 Å². The lowest BCUT2D eigenvalue weighted by Gasteiger charge is -2.06. The van der Waals surface area contributed by atoms with Crippen molar-refractivity contribution in [2.24, 2.45) is 7.05 Å². The third kappa shape index (κ3) is 2.35. The summed E-state index contributed by atoms with van der Waals surface area (Å²) in [6.45, 7) is -0.274. The molecule has 0 bridgehead atoms. The highest BCUT2D eigenvalue weighted by atomic mass is 19.4. The highest BCUT2D eigenvalue weighted by molar-refractivity contribution is 5.55. The molecular formula is C11H10F3N3O. The first-order valence-electron chi connectivity index (χ1n) is 5.10. The first kappa shape index (κ1) is 12.6. The summed E-state index contributed by atoms with van der Waals surface area (Å²) in [6.07, 6.45) is -4.35. The SMILES string of the molecule is Cn1nc(-c2ccc(C(F)(F)F)cc2)nc1CO. The van der Waals surface area contributed by atoms with E-state index in [0.717, 1.165) is 12.1 Å². The molecule has 0 saturated carbocycles. The molecule has 0 radical (unpaired) electrons. The average molecular weight is 257 g/mol. The van der Waals surface area contributed by atoms with E-state index in [1.165, 1.54) is 16.8 Å². The summed E-state index contributed by atoms with van der Waals surface area (Å²) < 4.78 is 38.5. The molecule has 0 aliphatic rings. The van der Waals surface area contributed by atoms with Gasteiger partial charge in [0.1, 0.15) is 6.61 Å².